The standard InChI is InChI=1S/C18H15N3O5/c1-11-18(20-16-5-3-2-4-15(16)19-11)25-9-13-7-14(21(22)23)6-12-8-24-10-26-17(12)13/h2-7H,8-10H2,1H3. The lowest BCUT2D eigenvalue weighted by molar-refractivity contribution is -0.385. The maximum atomic E-state index is 11.2. The summed E-state index contributed by atoms with van der Waals surface area (Å²) < 4.78 is 16.5. The zero-order valence-corrected chi connectivity index (χ0v) is 14.0. The highest BCUT2D eigenvalue weighted by atomic mass is 16.7. The Kier molecular flexibility index (Phi) is 4.10. The Balaban J connectivity index is 1.66. The van der Waals surface area contributed by atoms with Crippen molar-refractivity contribution in [2.24, 2.45) is 0 Å². The lowest BCUT2D eigenvalue weighted by atomic mass is 10.1. The van der Waals surface area contributed by atoms with E-state index in [4.69, 9.17) is 14.2 Å². The van der Waals surface area contributed by atoms with Crippen LogP contribution >= 0.6 is 0 Å². The Bertz CT molecular complexity index is 1010. The molecule has 0 atom stereocenters. The van der Waals surface area contributed by atoms with Gasteiger partial charge in [-0.15, -0.1) is 0 Å². The first-order chi connectivity index (χ1) is 12.6. The van der Waals surface area contributed by atoms with E-state index in [1.165, 1.54) is 12.1 Å². The van der Waals surface area contributed by atoms with Crippen molar-refractivity contribution in [1.29, 1.82) is 0 Å². The fourth-order valence-electron chi connectivity index (χ4n) is 2.85. The van der Waals surface area contributed by atoms with E-state index in [1.54, 1.807) is 0 Å². The van der Waals surface area contributed by atoms with Gasteiger partial charge in [-0.2, -0.15) is 0 Å². The van der Waals surface area contributed by atoms with Crippen molar-refractivity contribution in [1.82, 2.24) is 9.97 Å². The molecule has 132 valence electrons. The number of nitro groups is 1. The van der Waals surface area contributed by atoms with Gasteiger partial charge in [-0.3, -0.25) is 10.1 Å². The number of para-hydroxylation sites is 2. The third kappa shape index (κ3) is 3.02. The quantitative estimate of drug-likeness (QED) is 0.524. The molecule has 2 heterocycles. The third-order valence-corrected chi connectivity index (χ3v) is 4.05. The Morgan fingerprint density at radius 3 is 2.77 bits per heavy atom. The number of hydrogen-bond acceptors (Lipinski definition) is 7. The van der Waals surface area contributed by atoms with Crippen LogP contribution in [0.5, 0.6) is 11.6 Å². The van der Waals surface area contributed by atoms with Gasteiger partial charge >= 0.3 is 0 Å². The van der Waals surface area contributed by atoms with Crippen LogP contribution < -0.4 is 9.47 Å². The highest BCUT2D eigenvalue weighted by Crippen LogP contribution is 2.33. The number of ether oxygens (including phenoxy) is 3. The maximum Gasteiger partial charge on any atom is 0.270 e. The van der Waals surface area contributed by atoms with Gasteiger partial charge < -0.3 is 14.2 Å². The molecule has 0 radical (unpaired) electrons. The highest BCUT2D eigenvalue weighted by Gasteiger charge is 2.21. The minimum Gasteiger partial charge on any atom is -0.471 e. The van der Waals surface area contributed by atoms with E-state index in [0.29, 0.717) is 28.5 Å². The molecular formula is C18H15N3O5. The molecule has 3 aromatic rings. The summed E-state index contributed by atoms with van der Waals surface area (Å²) >= 11 is 0. The van der Waals surface area contributed by atoms with Crippen molar-refractivity contribution < 1.29 is 19.1 Å². The van der Waals surface area contributed by atoms with Crippen LogP contribution in [0.2, 0.25) is 0 Å². The second-order valence-electron chi connectivity index (χ2n) is 5.85. The second-order valence-corrected chi connectivity index (χ2v) is 5.85. The molecule has 1 aliphatic rings. The monoisotopic (exact) mass is 353 g/mol. The highest BCUT2D eigenvalue weighted by molar-refractivity contribution is 5.74. The number of fused-ring (bicyclic) bond motifs is 2. The van der Waals surface area contributed by atoms with Crippen molar-refractivity contribution in [2.45, 2.75) is 20.1 Å². The SMILES string of the molecule is Cc1nc2ccccc2nc1OCc1cc([N+](=O)[O-])cc2c1OCOC2. The summed E-state index contributed by atoms with van der Waals surface area (Å²) in [4.78, 5) is 19.7. The van der Waals surface area contributed by atoms with Gasteiger partial charge in [0, 0.05) is 23.3 Å². The normalized spacial score (nSPS) is 13.1. The van der Waals surface area contributed by atoms with Crippen LogP contribution in [-0.2, 0) is 18.0 Å². The largest absolute Gasteiger partial charge is 0.471 e. The molecule has 2 aromatic carbocycles. The Morgan fingerprint density at radius 2 is 2.00 bits per heavy atom. The molecule has 1 aromatic heterocycles. The van der Waals surface area contributed by atoms with Gasteiger partial charge in [0.05, 0.1) is 22.6 Å². The average Bonchev–Trinajstić information content (AvgIpc) is 2.65. The molecule has 8 heteroatoms. The van der Waals surface area contributed by atoms with Crippen molar-refractivity contribution in [3.8, 4) is 11.6 Å². The lowest BCUT2D eigenvalue weighted by Gasteiger charge is -2.20. The summed E-state index contributed by atoms with van der Waals surface area (Å²) in [5.41, 5.74) is 3.33. The van der Waals surface area contributed by atoms with E-state index in [9.17, 15) is 10.1 Å². The maximum absolute atomic E-state index is 11.2. The topological polar surface area (TPSA) is 96.6 Å². The van der Waals surface area contributed by atoms with Gasteiger partial charge in [0.2, 0.25) is 5.88 Å². The average molecular weight is 353 g/mol. The van der Waals surface area contributed by atoms with Crippen LogP contribution in [0.3, 0.4) is 0 Å². The molecule has 0 bridgehead atoms. The summed E-state index contributed by atoms with van der Waals surface area (Å²) in [7, 11) is 0. The van der Waals surface area contributed by atoms with E-state index in [0.717, 1.165) is 11.0 Å². The lowest BCUT2D eigenvalue weighted by Crippen LogP contribution is -2.14. The molecular weight excluding hydrogens is 338 g/mol. The molecule has 0 amide bonds. The van der Waals surface area contributed by atoms with Gasteiger partial charge in [-0.1, -0.05) is 12.1 Å². The van der Waals surface area contributed by atoms with Crippen LogP contribution in [0.25, 0.3) is 11.0 Å². The minimum atomic E-state index is -0.445. The van der Waals surface area contributed by atoms with Gasteiger partial charge in [-0.05, 0) is 19.1 Å². The summed E-state index contributed by atoms with van der Waals surface area (Å²) in [6.45, 7) is 2.26. The smallest absolute Gasteiger partial charge is 0.270 e. The molecule has 8 nitrogen and oxygen atoms in total. The summed E-state index contributed by atoms with van der Waals surface area (Å²) in [5.74, 6) is 0.948. The first kappa shape index (κ1) is 16.2. The molecule has 0 fully saturated rings. The van der Waals surface area contributed by atoms with E-state index in [-0.39, 0.29) is 25.7 Å². The number of rotatable bonds is 4. The number of non-ortho nitro benzene ring substituents is 1. The first-order valence-electron chi connectivity index (χ1n) is 7.99. The number of nitrogens with zero attached hydrogens (tertiary/aromatic N) is 3. The van der Waals surface area contributed by atoms with E-state index < -0.39 is 4.92 Å². The van der Waals surface area contributed by atoms with Crippen LogP contribution in [0, 0.1) is 17.0 Å². The first-order valence-corrected chi connectivity index (χ1v) is 7.99. The Labute approximate surface area is 148 Å². The van der Waals surface area contributed by atoms with Crippen LogP contribution in [0.1, 0.15) is 16.8 Å². The molecule has 4 rings (SSSR count). The number of benzene rings is 2. The zero-order valence-electron chi connectivity index (χ0n) is 14.0. The van der Waals surface area contributed by atoms with Gasteiger partial charge in [0.25, 0.3) is 5.69 Å². The van der Waals surface area contributed by atoms with Crippen molar-refractivity contribution in [3.05, 3.63) is 63.3 Å². The molecule has 1 aliphatic heterocycles. The van der Waals surface area contributed by atoms with Gasteiger partial charge in [0.15, 0.2) is 6.79 Å². The summed E-state index contributed by atoms with van der Waals surface area (Å²) in [6.07, 6.45) is 0. The predicted molar refractivity (Wildman–Crippen MR) is 92.0 cm³/mol. The van der Waals surface area contributed by atoms with Gasteiger partial charge in [0.1, 0.15) is 18.1 Å². The van der Waals surface area contributed by atoms with Crippen molar-refractivity contribution in [2.75, 3.05) is 6.79 Å². The fourth-order valence-corrected chi connectivity index (χ4v) is 2.85. The summed E-state index contributed by atoms with van der Waals surface area (Å²) in [6, 6.07) is 10.4. The van der Waals surface area contributed by atoms with Crippen LogP contribution in [0.4, 0.5) is 5.69 Å². The third-order valence-electron chi connectivity index (χ3n) is 4.05. The Hall–Kier alpha value is -3.26. The molecule has 0 saturated carbocycles. The van der Waals surface area contributed by atoms with E-state index >= 15 is 0 Å². The van der Waals surface area contributed by atoms with E-state index in [1.807, 2.05) is 31.2 Å². The fraction of sp³-hybridized carbons (Fsp3) is 0.222. The molecule has 26 heavy (non-hydrogen) atoms. The predicted octanol–water partition coefficient (Wildman–Crippen LogP) is 3.29. The Morgan fingerprint density at radius 1 is 1.23 bits per heavy atom. The zero-order chi connectivity index (χ0) is 18.1. The van der Waals surface area contributed by atoms with Crippen LogP contribution in [-0.4, -0.2) is 21.7 Å². The number of aryl methyl sites for hydroxylation is 1. The molecule has 0 saturated heterocycles. The van der Waals surface area contributed by atoms with Crippen molar-refractivity contribution >= 4 is 16.7 Å². The van der Waals surface area contributed by atoms with Crippen LogP contribution in [0.15, 0.2) is 36.4 Å². The van der Waals surface area contributed by atoms with Crippen molar-refractivity contribution in [3.63, 3.8) is 0 Å². The molecule has 0 spiro atoms. The second kappa shape index (κ2) is 6.57. The molecule has 0 aliphatic carbocycles. The van der Waals surface area contributed by atoms with E-state index in [2.05, 4.69) is 9.97 Å². The summed E-state index contributed by atoms with van der Waals surface area (Å²) in [5, 5.41) is 11.2. The van der Waals surface area contributed by atoms with Gasteiger partial charge in [-0.25, -0.2) is 9.97 Å². The molecule has 0 unspecified atom stereocenters. The number of aromatic nitrogens is 2. The number of hydrogen-bond donors (Lipinski definition) is 0. The minimum absolute atomic E-state index is 0.0298. The number of nitro benzene ring substituents is 1. The molecule has 0 N–H and O–H groups in total.